The van der Waals surface area contributed by atoms with Crippen molar-refractivity contribution in [2.24, 2.45) is 0 Å². The molecule has 2 aromatic rings. The molecule has 0 bridgehead atoms. The van der Waals surface area contributed by atoms with Gasteiger partial charge in [0.1, 0.15) is 17.5 Å². The second-order valence-corrected chi connectivity index (χ2v) is 8.52. The monoisotopic (exact) mass is 420 g/mol. The summed E-state index contributed by atoms with van der Waals surface area (Å²) in [6.07, 6.45) is 1.39. The van der Waals surface area contributed by atoms with Crippen LogP contribution in [-0.2, 0) is 14.8 Å². The van der Waals surface area contributed by atoms with Crippen LogP contribution in [0, 0.1) is 0 Å². The van der Waals surface area contributed by atoms with Crippen LogP contribution in [0.5, 0.6) is 11.5 Å². The van der Waals surface area contributed by atoms with Crippen LogP contribution in [-0.4, -0.2) is 40.8 Å². The molecule has 1 N–H and O–H groups in total. The van der Waals surface area contributed by atoms with E-state index in [1.165, 1.54) is 7.11 Å². The summed E-state index contributed by atoms with van der Waals surface area (Å²) >= 11 is 0. The molecular formula is C21H28N2O5S. The fraction of sp³-hybridized carbons (Fsp3) is 0.381. The molecule has 0 saturated carbocycles. The molecule has 0 unspecified atom stereocenters. The molecule has 2 atom stereocenters. The van der Waals surface area contributed by atoms with Crippen LogP contribution >= 0.6 is 0 Å². The quantitative estimate of drug-likeness (QED) is 0.674. The number of sulfonamides is 1. The topological polar surface area (TPSA) is 84.9 Å². The first-order chi connectivity index (χ1) is 13.7. The molecule has 158 valence electrons. The third kappa shape index (κ3) is 5.41. The van der Waals surface area contributed by atoms with E-state index in [2.05, 4.69) is 5.32 Å². The SMILES string of the molecule is CC[C@@H](C(=O)N[C@H](C)c1ccccc1OC)N(c1cccc(OC)c1)S(C)(=O)=O. The van der Waals surface area contributed by atoms with E-state index >= 15 is 0 Å². The number of carbonyl (C=O) groups is 1. The van der Waals surface area contributed by atoms with Gasteiger partial charge in [0.15, 0.2) is 0 Å². The molecule has 0 aliphatic rings. The van der Waals surface area contributed by atoms with Crippen LogP contribution < -0.4 is 19.1 Å². The van der Waals surface area contributed by atoms with Crippen LogP contribution in [0.2, 0.25) is 0 Å². The van der Waals surface area contributed by atoms with Crippen molar-refractivity contribution in [1.82, 2.24) is 5.32 Å². The lowest BCUT2D eigenvalue weighted by Gasteiger charge is -2.31. The minimum absolute atomic E-state index is 0.300. The zero-order chi connectivity index (χ0) is 21.6. The Labute approximate surface area is 172 Å². The van der Waals surface area contributed by atoms with E-state index in [1.54, 1.807) is 38.3 Å². The molecule has 29 heavy (non-hydrogen) atoms. The predicted molar refractivity (Wildman–Crippen MR) is 114 cm³/mol. The smallest absolute Gasteiger partial charge is 0.244 e. The minimum atomic E-state index is -3.72. The van der Waals surface area contributed by atoms with E-state index in [1.807, 2.05) is 31.2 Å². The Morgan fingerprint density at radius 3 is 2.38 bits per heavy atom. The maximum absolute atomic E-state index is 13.1. The fourth-order valence-electron chi connectivity index (χ4n) is 3.22. The van der Waals surface area contributed by atoms with Crippen molar-refractivity contribution in [3.63, 3.8) is 0 Å². The van der Waals surface area contributed by atoms with Gasteiger partial charge in [-0.2, -0.15) is 0 Å². The van der Waals surface area contributed by atoms with Crippen LogP contribution in [0.1, 0.15) is 31.9 Å². The Hall–Kier alpha value is -2.74. The molecule has 0 fully saturated rings. The van der Waals surface area contributed by atoms with Crippen molar-refractivity contribution in [2.75, 3.05) is 24.8 Å². The molecule has 0 aliphatic carbocycles. The van der Waals surface area contributed by atoms with E-state index in [0.29, 0.717) is 23.6 Å². The average molecular weight is 421 g/mol. The summed E-state index contributed by atoms with van der Waals surface area (Å²) in [6, 6.07) is 12.8. The number of rotatable bonds is 9. The maximum Gasteiger partial charge on any atom is 0.244 e. The molecule has 0 radical (unpaired) electrons. The van der Waals surface area contributed by atoms with Gasteiger partial charge in [-0.25, -0.2) is 8.42 Å². The number of methoxy groups -OCH3 is 2. The van der Waals surface area contributed by atoms with Crippen LogP contribution in [0.4, 0.5) is 5.69 Å². The first-order valence-electron chi connectivity index (χ1n) is 9.29. The summed E-state index contributed by atoms with van der Waals surface area (Å²) in [5.74, 6) is 0.772. The first kappa shape index (κ1) is 22.5. The zero-order valence-corrected chi connectivity index (χ0v) is 18.2. The van der Waals surface area contributed by atoms with Gasteiger partial charge in [0.2, 0.25) is 15.9 Å². The number of para-hydroxylation sites is 1. The molecule has 7 nitrogen and oxygen atoms in total. The van der Waals surface area contributed by atoms with Crippen molar-refractivity contribution in [1.29, 1.82) is 0 Å². The number of amides is 1. The highest BCUT2D eigenvalue weighted by molar-refractivity contribution is 7.92. The molecule has 0 heterocycles. The lowest BCUT2D eigenvalue weighted by Crippen LogP contribution is -2.49. The number of nitrogens with zero attached hydrogens (tertiary/aromatic N) is 1. The fourth-order valence-corrected chi connectivity index (χ4v) is 4.42. The second-order valence-electron chi connectivity index (χ2n) is 6.66. The highest BCUT2D eigenvalue weighted by Crippen LogP contribution is 2.28. The molecule has 1 amide bonds. The van der Waals surface area contributed by atoms with Crippen LogP contribution in [0.15, 0.2) is 48.5 Å². The van der Waals surface area contributed by atoms with Gasteiger partial charge in [-0.05, 0) is 31.5 Å². The van der Waals surface area contributed by atoms with Crippen molar-refractivity contribution in [3.05, 3.63) is 54.1 Å². The number of carbonyl (C=O) groups excluding carboxylic acids is 1. The van der Waals surface area contributed by atoms with Crippen LogP contribution in [0.3, 0.4) is 0 Å². The van der Waals surface area contributed by atoms with Crippen molar-refractivity contribution in [3.8, 4) is 11.5 Å². The van der Waals surface area contributed by atoms with Gasteiger partial charge >= 0.3 is 0 Å². The molecule has 0 saturated heterocycles. The van der Waals surface area contributed by atoms with Gasteiger partial charge in [0.05, 0.1) is 32.2 Å². The third-order valence-corrected chi connectivity index (χ3v) is 5.78. The lowest BCUT2D eigenvalue weighted by molar-refractivity contribution is -0.122. The summed E-state index contributed by atoms with van der Waals surface area (Å²) in [4.78, 5) is 13.1. The Morgan fingerprint density at radius 2 is 1.79 bits per heavy atom. The van der Waals surface area contributed by atoms with Gasteiger partial charge in [0.25, 0.3) is 0 Å². The molecule has 2 rings (SSSR count). The van der Waals surface area contributed by atoms with Gasteiger partial charge in [-0.15, -0.1) is 0 Å². The summed E-state index contributed by atoms with van der Waals surface area (Å²) in [7, 11) is -0.652. The average Bonchev–Trinajstić information content (AvgIpc) is 2.70. The molecule has 0 aliphatic heterocycles. The Bertz CT molecular complexity index is 946. The summed E-state index contributed by atoms with van der Waals surface area (Å²) < 4.78 is 36.9. The number of ether oxygens (including phenoxy) is 2. The van der Waals surface area contributed by atoms with E-state index in [-0.39, 0.29) is 11.9 Å². The second kappa shape index (κ2) is 9.65. The highest BCUT2D eigenvalue weighted by atomic mass is 32.2. The largest absolute Gasteiger partial charge is 0.497 e. The minimum Gasteiger partial charge on any atom is -0.497 e. The maximum atomic E-state index is 13.1. The van der Waals surface area contributed by atoms with Gasteiger partial charge in [-0.1, -0.05) is 31.2 Å². The first-order valence-corrected chi connectivity index (χ1v) is 11.1. The van der Waals surface area contributed by atoms with Gasteiger partial charge < -0.3 is 14.8 Å². The number of hydrogen-bond acceptors (Lipinski definition) is 5. The van der Waals surface area contributed by atoms with Gasteiger partial charge in [0, 0.05) is 11.6 Å². The molecular weight excluding hydrogens is 392 g/mol. The third-order valence-electron chi connectivity index (χ3n) is 4.60. The summed E-state index contributed by atoms with van der Waals surface area (Å²) in [6.45, 7) is 3.61. The van der Waals surface area contributed by atoms with Crippen molar-refractivity contribution < 1.29 is 22.7 Å². The van der Waals surface area contributed by atoms with Crippen LogP contribution in [0.25, 0.3) is 0 Å². The lowest BCUT2D eigenvalue weighted by atomic mass is 10.1. The molecule has 0 aromatic heterocycles. The normalized spacial score (nSPS) is 13.3. The molecule has 2 aromatic carbocycles. The Kier molecular flexibility index (Phi) is 7.50. The predicted octanol–water partition coefficient (Wildman–Crippen LogP) is 3.13. The zero-order valence-electron chi connectivity index (χ0n) is 17.4. The van der Waals surface area contributed by atoms with E-state index in [0.717, 1.165) is 16.1 Å². The number of hydrogen-bond donors (Lipinski definition) is 1. The highest BCUT2D eigenvalue weighted by Gasteiger charge is 2.32. The van der Waals surface area contributed by atoms with Crippen molar-refractivity contribution >= 4 is 21.6 Å². The van der Waals surface area contributed by atoms with E-state index in [9.17, 15) is 13.2 Å². The number of nitrogens with one attached hydrogen (secondary N) is 1. The number of anilines is 1. The molecule has 8 heteroatoms. The Morgan fingerprint density at radius 1 is 1.10 bits per heavy atom. The standard InChI is InChI=1S/C21H28N2O5S/c1-6-19(21(24)22-15(2)18-12-7-8-13-20(18)28-4)23(29(5,25)26)16-10-9-11-17(14-16)27-3/h7-15,19H,6H2,1-5H3,(H,22,24)/t15-,19+/m1/s1. The Balaban J connectivity index is 2.35. The van der Waals surface area contributed by atoms with Crippen molar-refractivity contribution in [2.45, 2.75) is 32.4 Å². The molecule has 0 spiro atoms. The van der Waals surface area contributed by atoms with E-state index in [4.69, 9.17) is 9.47 Å². The number of benzene rings is 2. The van der Waals surface area contributed by atoms with E-state index < -0.39 is 16.1 Å². The summed E-state index contributed by atoms with van der Waals surface area (Å²) in [5.41, 5.74) is 1.18. The van der Waals surface area contributed by atoms with Gasteiger partial charge in [-0.3, -0.25) is 9.10 Å². The summed E-state index contributed by atoms with van der Waals surface area (Å²) in [5, 5.41) is 2.92.